The number of benzene rings is 1. The van der Waals surface area contributed by atoms with E-state index in [1.807, 2.05) is 48.0 Å². The van der Waals surface area contributed by atoms with E-state index in [4.69, 9.17) is 16.3 Å². The van der Waals surface area contributed by atoms with Crippen molar-refractivity contribution in [2.45, 2.75) is 6.54 Å². The molecule has 1 aromatic carbocycles. The molecular weight excluding hydrogens is 434 g/mol. The fourth-order valence-corrected chi connectivity index (χ4v) is 4.24. The summed E-state index contributed by atoms with van der Waals surface area (Å²) in [6.07, 6.45) is 3.58. The van der Waals surface area contributed by atoms with Crippen molar-refractivity contribution in [2.75, 3.05) is 25.5 Å². The fraction of sp³-hybridized carbons (Fsp3) is 0.182. The number of H-pyrrole nitrogens is 1. The van der Waals surface area contributed by atoms with Gasteiger partial charge in [-0.3, -0.25) is 4.79 Å². The van der Waals surface area contributed by atoms with E-state index in [1.54, 1.807) is 13.3 Å². The Morgan fingerprint density at radius 2 is 2.10 bits per heavy atom. The van der Waals surface area contributed by atoms with Crippen LogP contribution in [0.1, 0.15) is 15.2 Å². The smallest absolute Gasteiger partial charge is 0.263 e. The van der Waals surface area contributed by atoms with Gasteiger partial charge in [0.2, 0.25) is 0 Å². The Kier molecular flexibility index (Phi) is 6.71. The summed E-state index contributed by atoms with van der Waals surface area (Å²) in [5.74, 6) is 0.549. The van der Waals surface area contributed by atoms with Gasteiger partial charge in [0.05, 0.1) is 23.5 Å². The lowest BCUT2D eigenvalue weighted by Crippen LogP contribution is -2.31. The van der Waals surface area contributed by atoms with Crippen molar-refractivity contribution in [2.24, 2.45) is 0 Å². The Morgan fingerprint density at radius 3 is 2.94 bits per heavy atom. The standard InChI is InChI=1S/C22H22ClN5O2S/c1-30-19-3-2-14(12-16(19)23)13-24-9-10-27-22(29)20-18(6-11-31-20)28-17-5-8-26-21-15(17)4-7-25-21/h2-8,11-12,24H,9-10,13H2,1H3,(H,27,29)(H2,25,26,28). The highest BCUT2D eigenvalue weighted by Gasteiger charge is 2.14. The summed E-state index contributed by atoms with van der Waals surface area (Å²) in [7, 11) is 1.59. The Balaban J connectivity index is 1.28. The van der Waals surface area contributed by atoms with Crippen LogP contribution in [0.3, 0.4) is 0 Å². The highest BCUT2D eigenvalue weighted by molar-refractivity contribution is 7.12. The first-order valence-corrected chi connectivity index (χ1v) is 11.0. The number of amides is 1. The van der Waals surface area contributed by atoms with Crippen LogP contribution in [0.15, 0.2) is 54.2 Å². The van der Waals surface area contributed by atoms with Crippen LogP contribution in [0.2, 0.25) is 5.02 Å². The summed E-state index contributed by atoms with van der Waals surface area (Å²) in [5, 5.41) is 13.1. The van der Waals surface area contributed by atoms with Gasteiger partial charge in [-0.05, 0) is 41.3 Å². The van der Waals surface area contributed by atoms with Crippen LogP contribution < -0.4 is 20.7 Å². The van der Waals surface area contributed by atoms with Crippen LogP contribution >= 0.6 is 22.9 Å². The van der Waals surface area contributed by atoms with Gasteiger partial charge in [0, 0.05) is 37.4 Å². The predicted molar refractivity (Wildman–Crippen MR) is 126 cm³/mol. The van der Waals surface area contributed by atoms with Crippen LogP contribution in [-0.2, 0) is 6.54 Å². The lowest BCUT2D eigenvalue weighted by molar-refractivity contribution is 0.0958. The molecule has 4 rings (SSSR count). The number of hydrogen-bond donors (Lipinski definition) is 4. The van der Waals surface area contributed by atoms with Gasteiger partial charge in [-0.15, -0.1) is 11.3 Å². The summed E-state index contributed by atoms with van der Waals surface area (Å²) in [4.78, 5) is 20.7. The molecule has 0 radical (unpaired) electrons. The van der Waals surface area contributed by atoms with Crippen LogP contribution in [0.5, 0.6) is 5.75 Å². The van der Waals surface area contributed by atoms with Crippen LogP contribution in [0.25, 0.3) is 11.0 Å². The molecule has 0 aliphatic rings. The monoisotopic (exact) mass is 455 g/mol. The summed E-state index contributed by atoms with van der Waals surface area (Å²) in [6, 6.07) is 11.4. The number of nitrogens with one attached hydrogen (secondary N) is 4. The number of halogens is 1. The third kappa shape index (κ3) is 4.99. The van der Waals surface area contributed by atoms with Crippen molar-refractivity contribution in [3.63, 3.8) is 0 Å². The highest BCUT2D eigenvalue weighted by atomic mass is 35.5. The van der Waals surface area contributed by atoms with E-state index in [2.05, 4.69) is 25.9 Å². The lowest BCUT2D eigenvalue weighted by Gasteiger charge is -2.10. The maximum Gasteiger partial charge on any atom is 0.263 e. The van der Waals surface area contributed by atoms with E-state index in [0.29, 0.717) is 35.3 Å². The zero-order valence-corrected chi connectivity index (χ0v) is 18.4. The van der Waals surface area contributed by atoms with E-state index in [0.717, 1.165) is 28.0 Å². The topological polar surface area (TPSA) is 91.1 Å². The molecule has 0 bridgehead atoms. The Bertz CT molecular complexity index is 1190. The van der Waals surface area contributed by atoms with E-state index in [1.165, 1.54) is 11.3 Å². The van der Waals surface area contributed by atoms with Crippen molar-refractivity contribution < 1.29 is 9.53 Å². The Morgan fingerprint density at radius 1 is 1.19 bits per heavy atom. The molecule has 0 fully saturated rings. The average molecular weight is 456 g/mol. The molecule has 0 unspecified atom stereocenters. The molecule has 9 heteroatoms. The molecule has 3 heterocycles. The molecule has 7 nitrogen and oxygen atoms in total. The molecule has 0 aliphatic heterocycles. The van der Waals surface area contributed by atoms with Gasteiger partial charge in [-0.1, -0.05) is 17.7 Å². The lowest BCUT2D eigenvalue weighted by atomic mass is 10.2. The minimum Gasteiger partial charge on any atom is -0.495 e. The number of methoxy groups -OCH3 is 1. The van der Waals surface area contributed by atoms with Crippen molar-refractivity contribution in [3.05, 3.63) is 69.6 Å². The number of carbonyl (C=O) groups excluding carboxylic acids is 1. The number of rotatable bonds is 9. The Hall–Kier alpha value is -3.07. The van der Waals surface area contributed by atoms with Gasteiger partial charge in [0.15, 0.2) is 0 Å². The fourth-order valence-electron chi connectivity index (χ4n) is 3.20. The molecule has 0 spiro atoms. The van der Waals surface area contributed by atoms with Gasteiger partial charge in [0.25, 0.3) is 5.91 Å². The van der Waals surface area contributed by atoms with Crippen molar-refractivity contribution in [1.82, 2.24) is 20.6 Å². The number of aromatic nitrogens is 2. The molecule has 3 aromatic heterocycles. The zero-order valence-electron chi connectivity index (χ0n) is 16.9. The van der Waals surface area contributed by atoms with Crippen molar-refractivity contribution in [1.29, 1.82) is 0 Å². The summed E-state index contributed by atoms with van der Waals surface area (Å²) < 4.78 is 5.16. The maximum absolute atomic E-state index is 12.7. The van der Waals surface area contributed by atoms with Gasteiger partial charge in [0.1, 0.15) is 16.3 Å². The van der Waals surface area contributed by atoms with Crippen molar-refractivity contribution >= 4 is 51.3 Å². The molecule has 160 valence electrons. The molecule has 4 aromatic rings. The molecule has 31 heavy (non-hydrogen) atoms. The normalized spacial score (nSPS) is 10.9. The minimum atomic E-state index is -0.105. The van der Waals surface area contributed by atoms with Gasteiger partial charge in [-0.25, -0.2) is 4.98 Å². The summed E-state index contributed by atoms with van der Waals surface area (Å²) >= 11 is 7.55. The number of pyridine rings is 1. The number of hydrogen-bond acceptors (Lipinski definition) is 6. The summed E-state index contributed by atoms with van der Waals surface area (Å²) in [6.45, 7) is 1.80. The first kappa shape index (κ1) is 21.2. The van der Waals surface area contributed by atoms with Crippen molar-refractivity contribution in [3.8, 4) is 5.75 Å². The largest absolute Gasteiger partial charge is 0.495 e. The third-order valence-electron chi connectivity index (χ3n) is 4.73. The maximum atomic E-state index is 12.7. The predicted octanol–water partition coefficient (Wildman–Crippen LogP) is 4.55. The molecule has 0 saturated carbocycles. The second-order valence-corrected chi connectivity index (χ2v) is 8.11. The van der Waals surface area contributed by atoms with E-state index < -0.39 is 0 Å². The molecule has 0 aliphatic carbocycles. The van der Waals surface area contributed by atoms with Crippen LogP contribution in [0, 0.1) is 0 Å². The van der Waals surface area contributed by atoms with E-state index >= 15 is 0 Å². The Labute approximate surface area is 188 Å². The molecule has 0 saturated heterocycles. The number of carbonyl (C=O) groups is 1. The number of ether oxygens (including phenoxy) is 1. The quantitative estimate of drug-likeness (QED) is 0.278. The average Bonchev–Trinajstić information content (AvgIpc) is 3.43. The van der Waals surface area contributed by atoms with Gasteiger partial charge < -0.3 is 25.7 Å². The number of nitrogens with zero attached hydrogens (tertiary/aromatic N) is 1. The zero-order chi connectivity index (χ0) is 21.6. The van der Waals surface area contributed by atoms with Crippen LogP contribution in [0.4, 0.5) is 11.4 Å². The van der Waals surface area contributed by atoms with Gasteiger partial charge in [-0.2, -0.15) is 0 Å². The summed E-state index contributed by atoms with van der Waals surface area (Å²) in [5.41, 5.74) is 3.53. The molecular formula is C22H22ClN5O2S. The van der Waals surface area contributed by atoms with E-state index in [9.17, 15) is 4.79 Å². The van der Waals surface area contributed by atoms with E-state index in [-0.39, 0.29) is 5.91 Å². The number of thiophene rings is 1. The third-order valence-corrected chi connectivity index (χ3v) is 5.94. The highest BCUT2D eigenvalue weighted by Crippen LogP contribution is 2.29. The van der Waals surface area contributed by atoms with Gasteiger partial charge >= 0.3 is 0 Å². The number of aromatic amines is 1. The number of fused-ring (bicyclic) bond motifs is 1. The first-order chi connectivity index (χ1) is 15.2. The number of anilines is 2. The second-order valence-electron chi connectivity index (χ2n) is 6.79. The molecule has 0 atom stereocenters. The SMILES string of the molecule is COc1ccc(CNCCNC(=O)c2sccc2Nc2ccnc3[nH]ccc23)cc1Cl. The second kappa shape index (κ2) is 9.82. The minimum absolute atomic E-state index is 0.105. The molecule has 4 N–H and O–H groups in total. The van der Waals surface area contributed by atoms with Crippen LogP contribution in [-0.4, -0.2) is 36.1 Å². The molecule has 1 amide bonds. The first-order valence-electron chi connectivity index (χ1n) is 9.73.